The van der Waals surface area contributed by atoms with E-state index in [0.717, 1.165) is 48.0 Å². The standard InChI is InChI=1S/C35H55FO/c1-3-5-7-8-9-10-27-11-13-28(14-12-27)15-16-29-17-18-31-25-32(20-19-30(31)24-29)34-22-21-33(26-35(34)36)37-23-6-4-2/h4,21-22,26-32H,2-3,5-20,23-25H2,1H3. The van der Waals surface area contributed by atoms with Crippen LogP contribution < -0.4 is 4.74 Å². The summed E-state index contributed by atoms with van der Waals surface area (Å²) in [7, 11) is 0. The highest BCUT2D eigenvalue weighted by atomic mass is 19.1. The van der Waals surface area contributed by atoms with E-state index in [-0.39, 0.29) is 5.82 Å². The molecule has 0 aliphatic heterocycles. The van der Waals surface area contributed by atoms with E-state index < -0.39 is 0 Å². The zero-order chi connectivity index (χ0) is 25.9. The number of halogens is 1. The maximum absolute atomic E-state index is 14.9. The first-order valence-electron chi connectivity index (χ1n) is 16.2. The summed E-state index contributed by atoms with van der Waals surface area (Å²) in [4.78, 5) is 0. The molecule has 0 radical (unpaired) electrons. The van der Waals surface area contributed by atoms with Crippen LogP contribution in [-0.2, 0) is 0 Å². The van der Waals surface area contributed by atoms with Gasteiger partial charge in [0.05, 0.1) is 6.61 Å². The van der Waals surface area contributed by atoms with Crippen molar-refractivity contribution in [1.82, 2.24) is 0 Å². The average Bonchev–Trinajstić information content (AvgIpc) is 2.92. The van der Waals surface area contributed by atoms with Gasteiger partial charge in [-0.25, -0.2) is 4.39 Å². The fourth-order valence-electron chi connectivity index (χ4n) is 8.04. The van der Waals surface area contributed by atoms with Crippen LogP contribution in [0.3, 0.4) is 0 Å². The van der Waals surface area contributed by atoms with E-state index in [9.17, 15) is 4.39 Å². The van der Waals surface area contributed by atoms with Gasteiger partial charge >= 0.3 is 0 Å². The molecule has 1 aromatic rings. The van der Waals surface area contributed by atoms with Gasteiger partial charge in [0.2, 0.25) is 0 Å². The smallest absolute Gasteiger partial charge is 0.130 e. The Hall–Kier alpha value is -1.31. The Balaban J connectivity index is 1.13. The van der Waals surface area contributed by atoms with E-state index in [4.69, 9.17) is 4.74 Å². The Morgan fingerprint density at radius 1 is 0.811 bits per heavy atom. The van der Waals surface area contributed by atoms with Crippen molar-refractivity contribution in [3.05, 3.63) is 42.2 Å². The molecule has 1 aromatic carbocycles. The number of rotatable bonds is 14. The lowest BCUT2D eigenvalue weighted by atomic mass is 9.63. The van der Waals surface area contributed by atoms with Crippen molar-refractivity contribution in [3.63, 3.8) is 0 Å². The molecule has 0 amide bonds. The van der Waals surface area contributed by atoms with Gasteiger partial charge in [0.25, 0.3) is 0 Å². The van der Waals surface area contributed by atoms with Crippen LogP contribution >= 0.6 is 0 Å². The first-order chi connectivity index (χ1) is 18.2. The Kier molecular flexibility index (Phi) is 11.9. The summed E-state index contributed by atoms with van der Waals surface area (Å²) in [6.45, 7) is 6.59. The molecule has 3 saturated carbocycles. The molecule has 0 N–H and O–H groups in total. The summed E-state index contributed by atoms with van der Waals surface area (Å²) in [6.07, 6.45) is 28.2. The molecule has 37 heavy (non-hydrogen) atoms. The third-order valence-electron chi connectivity index (χ3n) is 10.4. The number of fused-ring (bicyclic) bond motifs is 1. The molecule has 0 aromatic heterocycles. The number of unbranched alkanes of at least 4 members (excludes halogenated alkanes) is 4. The van der Waals surface area contributed by atoms with Crippen LogP contribution in [-0.4, -0.2) is 6.61 Å². The molecule has 3 aliphatic carbocycles. The van der Waals surface area contributed by atoms with Gasteiger partial charge in [-0.15, -0.1) is 6.58 Å². The van der Waals surface area contributed by atoms with Gasteiger partial charge in [0.1, 0.15) is 11.6 Å². The topological polar surface area (TPSA) is 9.23 Å². The van der Waals surface area contributed by atoms with Gasteiger partial charge in [-0.05, 0) is 85.7 Å². The molecule has 208 valence electrons. The molecule has 4 atom stereocenters. The van der Waals surface area contributed by atoms with E-state index in [1.165, 1.54) is 109 Å². The van der Waals surface area contributed by atoms with Gasteiger partial charge in [-0.2, -0.15) is 0 Å². The fraction of sp³-hybridized carbons (Fsp3) is 0.771. The first-order valence-corrected chi connectivity index (χ1v) is 16.2. The Bertz CT molecular complexity index is 794. The molecule has 0 spiro atoms. The van der Waals surface area contributed by atoms with Crippen molar-refractivity contribution in [3.8, 4) is 5.75 Å². The fourth-order valence-corrected chi connectivity index (χ4v) is 8.04. The van der Waals surface area contributed by atoms with Crippen molar-refractivity contribution in [1.29, 1.82) is 0 Å². The van der Waals surface area contributed by atoms with Crippen LogP contribution in [0, 0.1) is 35.4 Å². The van der Waals surface area contributed by atoms with Crippen LogP contribution in [0.4, 0.5) is 4.39 Å². The third-order valence-corrected chi connectivity index (χ3v) is 10.4. The molecule has 1 nitrogen and oxygen atoms in total. The van der Waals surface area contributed by atoms with Crippen LogP contribution in [0.1, 0.15) is 140 Å². The lowest BCUT2D eigenvalue weighted by Gasteiger charge is -2.43. The summed E-state index contributed by atoms with van der Waals surface area (Å²) >= 11 is 0. The van der Waals surface area contributed by atoms with Gasteiger partial charge in [0.15, 0.2) is 0 Å². The second kappa shape index (κ2) is 15.3. The quantitative estimate of drug-likeness (QED) is 0.179. The molecule has 0 saturated heterocycles. The molecule has 3 fully saturated rings. The van der Waals surface area contributed by atoms with E-state index in [2.05, 4.69) is 13.5 Å². The minimum atomic E-state index is -0.0700. The number of benzene rings is 1. The normalized spacial score (nSPS) is 30.0. The van der Waals surface area contributed by atoms with Crippen molar-refractivity contribution in [2.75, 3.05) is 6.61 Å². The van der Waals surface area contributed by atoms with Gasteiger partial charge in [-0.3, -0.25) is 0 Å². The minimum Gasteiger partial charge on any atom is -0.493 e. The predicted molar refractivity (Wildman–Crippen MR) is 156 cm³/mol. The summed E-state index contributed by atoms with van der Waals surface area (Å²) in [6, 6.07) is 5.56. The second-order valence-electron chi connectivity index (χ2n) is 13.0. The average molecular weight is 511 g/mol. The predicted octanol–water partition coefficient (Wildman–Crippen LogP) is 11.0. The minimum absolute atomic E-state index is 0.0700. The van der Waals surface area contributed by atoms with Gasteiger partial charge in [0, 0.05) is 6.07 Å². The number of ether oxygens (including phenoxy) is 1. The summed E-state index contributed by atoms with van der Waals surface area (Å²) < 4.78 is 20.6. The zero-order valence-corrected chi connectivity index (χ0v) is 23.9. The summed E-state index contributed by atoms with van der Waals surface area (Å²) in [5.41, 5.74) is 0.924. The molecule has 2 heteroatoms. The van der Waals surface area contributed by atoms with Crippen LogP contribution in [0.25, 0.3) is 0 Å². The maximum Gasteiger partial charge on any atom is 0.130 e. The third kappa shape index (κ3) is 8.86. The van der Waals surface area contributed by atoms with Crippen molar-refractivity contribution >= 4 is 0 Å². The van der Waals surface area contributed by atoms with Crippen molar-refractivity contribution < 1.29 is 9.13 Å². The zero-order valence-electron chi connectivity index (χ0n) is 23.9. The molecule has 3 aliphatic rings. The summed E-state index contributed by atoms with van der Waals surface area (Å²) in [5.74, 6) is 5.67. The second-order valence-corrected chi connectivity index (χ2v) is 13.0. The first kappa shape index (κ1) is 28.7. The Morgan fingerprint density at radius 3 is 2.24 bits per heavy atom. The highest BCUT2D eigenvalue weighted by Crippen LogP contribution is 2.49. The van der Waals surface area contributed by atoms with Crippen molar-refractivity contribution in [2.45, 2.75) is 135 Å². The lowest BCUT2D eigenvalue weighted by molar-refractivity contribution is 0.108. The Labute approximate surface area is 228 Å². The number of hydrogen-bond donors (Lipinski definition) is 0. The van der Waals surface area contributed by atoms with E-state index in [0.29, 0.717) is 18.3 Å². The van der Waals surface area contributed by atoms with E-state index in [1.54, 1.807) is 6.07 Å². The molecule has 0 heterocycles. The van der Waals surface area contributed by atoms with Gasteiger partial charge in [-0.1, -0.05) is 103 Å². The highest BCUT2D eigenvalue weighted by Gasteiger charge is 2.37. The highest BCUT2D eigenvalue weighted by molar-refractivity contribution is 5.31. The molecule has 4 rings (SSSR count). The Morgan fingerprint density at radius 2 is 1.49 bits per heavy atom. The largest absolute Gasteiger partial charge is 0.493 e. The molecule has 4 unspecified atom stereocenters. The lowest BCUT2D eigenvalue weighted by Crippen LogP contribution is -2.31. The van der Waals surface area contributed by atoms with E-state index in [1.807, 2.05) is 18.2 Å². The SMILES string of the molecule is C=CCCOc1ccc(C2CCC3CC(CCC4CCC(CCCCCCC)CC4)CCC3C2)c(F)c1. The van der Waals surface area contributed by atoms with E-state index >= 15 is 0 Å². The van der Waals surface area contributed by atoms with Crippen LogP contribution in [0.15, 0.2) is 30.9 Å². The van der Waals surface area contributed by atoms with Gasteiger partial charge < -0.3 is 4.74 Å². The van der Waals surface area contributed by atoms with Crippen LogP contribution in [0.5, 0.6) is 5.75 Å². The molecular formula is C35H55FO. The summed E-state index contributed by atoms with van der Waals surface area (Å²) in [5, 5.41) is 0. The van der Waals surface area contributed by atoms with Crippen molar-refractivity contribution in [2.24, 2.45) is 29.6 Å². The monoisotopic (exact) mass is 510 g/mol. The number of hydrogen-bond acceptors (Lipinski definition) is 1. The molecular weight excluding hydrogens is 455 g/mol. The molecule has 0 bridgehead atoms. The van der Waals surface area contributed by atoms with Crippen LogP contribution in [0.2, 0.25) is 0 Å². The maximum atomic E-state index is 14.9.